The highest BCUT2D eigenvalue weighted by molar-refractivity contribution is 6.31. The van der Waals surface area contributed by atoms with Crippen LogP contribution in [0.15, 0.2) is 54.6 Å². The second-order valence-electron chi connectivity index (χ2n) is 10.4. The molecule has 5 rings (SSSR count). The third-order valence-corrected chi connectivity index (χ3v) is 7.91. The fourth-order valence-corrected chi connectivity index (χ4v) is 5.09. The summed E-state index contributed by atoms with van der Waals surface area (Å²) < 4.78 is 69.2. The lowest BCUT2D eigenvalue weighted by atomic mass is 9.78. The molecule has 1 aliphatic rings. The minimum absolute atomic E-state index is 0.0331. The Labute approximate surface area is 252 Å². The van der Waals surface area contributed by atoms with Gasteiger partial charge >= 0.3 is 6.18 Å². The van der Waals surface area contributed by atoms with Crippen molar-refractivity contribution in [2.45, 2.75) is 23.9 Å². The number of carbonyl (C=O) groups is 3. The van der Waals surface area contributed by atoms with E-state index in [1.807, 2.05) is 0 Å². The number of benzene rings is 2. The van der Waals surface area contributed by atoms with E-state index in [2.05, 4.69) is 15.3 Å². The van der Waals surface area contributed by atoms with E-state index in [0.717, 1.165) is 18.2 Å². The monoisotopic (exact) mass is 630 g/mol. The van der Waals surface area contributed by atoms with Gasteiger partial charge in [-0.1, -0.05) is 11.6 Å². The SMILES string of the molecule is COc1cc2cc(C(=O)NCC(C=O)(c3cc4c(c(-c5ccc(F)cc5)n3)OC[C@]4(C)C(N)=O)C(F)(F)F)ccc2nc1Cl. The van der Waals surface area contributed by atoms with Gasteiger partial charge in [0.25, 0.3) is 5.91 Å². The summed E-state index contributed by atoms with van der Waals surface area (Å²) in [5.41, 5.74) is 0.159. The Morgan fingerprint density at radius 2 is 1.84 bits per heavy atom. The number of amides is 2. The van der Waals surface area contributed by atoms with Crippen molar-refractivity contribution in [3.05, 3.63) is 82.4 Å². The number of halogens is 5. The zero-order valence-electron chi connectivity index (χ0n) is 23.1. The largest absolute Gasteiger partial charge is 0.494 e. The molecule has 0 fully saturated rings. The highest BCUT2D eigenvalue weighted by Gasteiger charge is 2.59. The number of primary amides is 1. The number of nitrogens with zero attached hydrogens (tertiary/aromatic N) is 2. The molecule has 0 saturated carbocycles. The molecule has 14 heteroatoms. The minimum atomic E-state index is -5.27. The first kappa shape index (κ1) is 30.7. The first-order valence-corrected chi connectivity index (χ1v) is 13.3. The van der Waals surface area contributed by atoms with E-state index in [4.69, 9.17) is 26.8 Å². The van der Waals surface area contributed by atoms with Crippen LogP contribution in [-0.2, 0) is 20.4 Å². The van der Waals surface area contributed by atoms with Crippen LogP contribution >= 0.6 is 11.6 Å². The number of carbonyl (C=O) groups excluding carboxylic acids is 3. The van der Waals surface area contributed by atoms with Crippen molar-refractivity contribution in [3.8, 4) is 22.8 Å². The second-order valence-corrected chi connectivity index (χ2v) is 10.7. The van der Waals surface area contributed by atoms with E-state index in [0.29, 0.717) is 10.9 Å². The number of aromatic nitrogens is 2. The number of aldehydes is 1. The summed E-state index contributed by atoms with van der Waals surface area (Å²) in [4.78, 5) is 46.3. The molecule has 3 heterocycles. The average molecular weight is 631 g/mol. The number of nitrogens with two attached hydrogens (primary N) is 1. The first-order chi connectivity index (χ1) is 20.7. The Kier molecular flexibility index (Phi) is 7.70. The molecule has 1 unspecified atom stereocenters. The van der Waals surface area contributed by atoms with Crippen molar-refractivity contribution in [2.75, 3.05) is 20.3 Å². The molecule has 44 heavy (non-hydrogen) atoms. The molecule has 0 aliphatic carbocycles. The van der Waals surface area contributed by atoms with Gasteiger partial charge in [0.2, 0.25) is 5.91 Å². The minimum Gasteiger partial charge on any atom is -0.494 e. The molecule has 0 spiro atoms. The molecule has 2 aromatic heterocycles. The first-order valence-electron chi connectivity index (χ1n) is 12.9. The summed E-state index contributed by atoms with van der Waals surface area (Å²) in [6.07, 6.45) is -5.63. The molecular weight excluding hydrogens is 608 g/mol. The number of pyridine rings is 2. The smallest absolute Gasteiger partial charge is 0.408 e. The predicted octanol–water partition coefficient (Wildman–Crippen LogP) is 4.66. The normalized spacial score (nSPS) is 17.3. The second kappa shape index (κ2) is 11.1. The standard InChI is InChI=1S/C30H23ClF4N4O5/c1-28(27(36)42)14-44-24-19(28)11-22(39-23(24)15-3-6-18(32)7-4-15)29(13-40,30(33,34)35)12-37-26(41)16-5-8-20-17(9-16)10-21(43-2)25(31)38-20/h3-11,13H,12,14H2,1-2H3,(H2,36,42)(H,37,41)/t28-,29?/m0/s1. The summed E-state index contributed by atoms with van der Waals surface area (Å²) in [5, 5.41) is 2.70. The topological polar surface area (TPSA) is 134 Å². The summed E-state index contributed by atoms with van der Waals surface area (Å²) >= 11 is 6.04. The van der Waals surface area contributed by atoms with Gasteiger partial charge in [0, 0.05) is 28.6 Å². The molecule has 0 radical (unpaired) electrons. The Balaban J connectivity index is 1.60. The Morgan fingerprint density at radius 1 is 1.14 bits per heavy atom. The van der Waals surface area contributed by atoms with E-state index < -0.39 is 46.9 Å². The number of ether oxygens (including phenoxy) is 2. The van der Waals surface area contributed by atoms with Crippen molar-refractivity contribution >= 4 is 40.6 Å². The van der Waals surface area contributed by atoms with Crippen LogP contribution in [0.3, 0.4) is 0 Å². The van der Waals surface area contributed by atoms with Crippen LogP contribution in [0.5, 0.6) is 11.5 Å². The fourth-order valence-electron chi connectivity index (χ4n) is 4.86. The zero-order chi connectivity index (χ0) is 32.0. The molecule has 2 atom stereocenters. The summed E-state index contributed by atoms with van der Waals surface area (Å²) in [7, 11) is 1.37. The third-order valence-electron chi connectivity index (χ3n) is 7.64. The highest BCUT2D eigenvalue weighted by atomic mass is 35.5. The number of nitrogens with one attached hydrogen (secondary N) is 1. The quantitative estimate of drug-likeness (QED) is 0.164. The summed E-state index contributed by atoms with van der Waals surface area (Å²) in [6, 6.07) is 11.3. The lowest BCUT2D eigenvalue weighted by molar-refractivity contribution is -0.186. The lowest BCUT2D eigenvalue weighted by Gasteiger charge is -2.31. The van der Waals surface area contributed by atoms with E-state index in [1.165, 1.54) is 50.4 Å². The van der Waals surface area contributed by atoms with Gasteiger partial charge in [-0.2, -0.15) is 13.2 Å². The number of hydrogen-bond acceptors (Lipinski definition) is 7. The molecule has 3 N–H and O–H groups in total. The molecule has 228 valence electrons. The number of hydrogen-bond donors (Lipinski definition) is 2. The van der Waals surface area contributed by atoms with Crippen molar-refractivity contribution in [2.24, 2.45) is 5.73 Å². The molecule has 9 nitrogen and oxygen atoms in total. The molecule has 4 aromatic rings. The molecule has 2 aromatic carbocycles. The molecule has 1 aliphatic heterocycles. The number of methoxy groups -OCH3 is 1. The van der Waals surface area contributed by atoms with Crippen LogP contribution in [0.1, 0.15) is 28.5 Å². The van der Waals surface area contributed by atoms with Gasteiger partial charge in [0.1, 0.15) is 35.6 Å². The Morgan fingerprint density at radius 3 is 2.45 bits per heavy atom. The van der Waals surface area contributed by atoms with Crippen molar-refractivity contribution in [1.82, 2.24) is 15.3 Å². The van der Waals surface area contributed by atoms with Gasteiger partial charge in [-0.3, -0.25) is 9.59 Å². The number of alkyl halides is 3. The van der Waals surface area contributed by atoms with Gasteiger partial charge in [0.15, 0.2) is 16.3 Å². The van der Waals surface area contributed by atoms with Crippen molar-refractivity contribution in [1.29, 1.82) is 0 Å². The van der Waals surface area contributed by atoms with E-state index >= 15 is 0 Å². The van der Waals surface area contributed by atoms with Crippen LogP contribution in [-0.4, -0.2) is 54.5 Å². The maximum absolute atomic E-state index is 14.9. The van der Waals surface area contributed by atoms with Crippen LogP contribution in [0, 0.1) is 5.82 Å². The molecular formula is C30H23ClF4N4O5. The van der Waals surface area contributed by atoms with E-state index in [1.54, 1.807) is 0 Å². The Bertz CT molecular complexity index is 1820. The summed E-state index contributed by atoms with van der Waals surface area (Å²) in [5.74, 6) is -2.25. The Hall–Kier alpha value is -4.78. The molecule has 0 saturated heterocycles. The fraction of sp³-hybridized carbons (Fsp3) is 0.233. The highest BCUT2D eigenvalue weighted by Crippen LogP contribution is 2.48. The van der Waals surface area contributed by atoms with Crippen LogP contribution in [0.4, 0.5) is 17.6 Å². The van der Waals surface area contributed by atoms with Crippen LogP contribution in [0.2, 0.25) is 5.15 Å². The van der Waals surface area contributed by atoms with Crippen molar-refractivity contribution < 1.29 is 41.4 Å². The van der Waals surface area contributed by atoms with Gasteiger partial charge < -0.3 is 25.3 Å². The van der Waals surface area contributed by atoms with Gasteiger partial charge in [0.05, 0.1) is 18.3 Å². The summed E-state index contributed by atoms with van der Waals surface area (Å²) in [6.45, 7) is -0.170. The maximum Gasteiger partial charge on any atom is 0.408 e. The zero-order valence-corrected chi connectivity index (χ0v) is 23.8. The third kappa shape index (κ3) is 5.06. The molecule has 0 bridgehead atoms. The van der Waals surface area contributed by atoms with Crippen LogP contribution < -0.4 is 20.5 Å². The number of fused-ring (bicyclic) bond motifs is 2. The average Bonchev–Trinajstić information content (AvgIpc) is 3.34. The van der Waals surface area contributed by atoms with Gasteiger partial charge in [-0.05, 0) is 61.5 Å². The van der Waals surface area contributed by atoms with E-state index in [-0.39, 0.29) is 51.9 Å². The maximum atomic E-state index is 14.9. The van der Waals surface area contributed by atoms with Crippen molar-refractivity contribution in [3.63, 3.8) is 0 Å². The van der Waals surface area contributed by atoms with Gasteiger partial charge in [-0.15, -0.1) is 0 Å². The van der Waals surface area contributed by atoms with Gasteiger partial charge in [-0.25, -0.2) is 14.4 Å². The molecule has 2 amide bonds. The van der Waals surface area contributed by atoms with E-state index in [9.17, 15) is 31.9 Å². The van der Waals surface area contributed by atoms with Crippen LogP contribution in [0.25, 0.3) is 22.2 Å². The number of rotatable bonds is 8. The predicted molar refractivity (Wildman–Crippen MR) is 151 cm³/mol. The lowest BCUT2D eigenvalue weighted by Crippen LogP contribution is -2.53.